The van der Waals surface area contributed by atoms with Gasteiger partial charge >= 0.3 is 0 Å². The van der Waals surface area contributed by atoms with E-state index in [0.717, 1.165) is 0 Å². The second kappa shape index (κ2) is 5.79. The highest BCUT2D eigenvalue weighted by Gasteiger charge is 2.18. The molecule has 19 heavy (non-hydrogen) atoms. The molecule has 6 heteroatoms. The van der Waals surface area contributed by atoms with Crippen LogP contribution in [0.1, 0.15) is 19.7 Å². The molecule has 0 aliphatic carbocycles. The minimum atomic E-state index is -0.371. The van der Waals surface area contributed by atoms with Gasteiger partial charge in [0, 0.05) is 6.54 Å². The summed E-state index contributed by atoms with van der Waals surface area (Å²) >= 11 is 3.16. The number of benzene rings is 1. The van der Waals surface area contributed by atoms with Crippen LogP contribution in [-0.4, -0.2) is 19.9 Å². The van der Waals surface area contributed by atoms with Crippen LogP contribution in [0.15, 0.2) is 22.7 Å². The van der Waals surface area contributed by atoms with E-state index in [9.17, 15) is 9.50 Å². The largest absolute Gasteiger partial charge is 0.388 e. The van der Waals surface area contributed by atoms with Gasteiger partial charge in [0.1, 0.15) is 12.4 Å². The van der Waals surface area contributed by atoms with E-state index in [0.29, 0.717) is 34.1 Å². The molecule has 0 bridgehead atoms. The zero-order valence-corrected chi connectivity index (χ0v) is 12.4. The highest BCUT2D eigenvalue weighted by molar-refractivity contribution is 9.10. The molecule has 1 aromatic heterocycles. The number of hydrogen-bond acceptors (Lipinski definition) is 3. The summed E-state index contributed by atoms with van der Waals surface area (Å²) in [5, 5.41) is 17.2. The first-order chi connectivity index (χ1) is 9.04. The predicted molar refractivity (Wildman–Crippen MR) is 73.9 cm³/mol. The molecular weight excluding hydrogens is 313 g/mol. The molecule has 0 saturated heterocycles. The molecule has 1 N–H and O–H groups in total. The van der Waals surface area contributed by atoms with Crippen molar-refractivity contribution in [3.63, 3.8) is 0 Å². The van der Waals surface area contributed by atoms with Crippen LogP contribution in [0, 0.1) is 11.7 Å². The van der Waals surface area contributed by atoms with Crippen molar-refractivity contribution in [2.45, 2.75) is 27.0 Å². The molecule has 0 unspecified atom stereocenters. The summed E-state index contributed by atoms with van der Waals surface area (Å²) in [4.78, 5) is 0. The lowest BCUT2D eigenvalue weighted by molar-refractivity contribution is 0.262. The van der Waals surface area contributed by atoms with Gasteiger partial charge in [-0.25, -0.2) is 4.39 Å². The van der Waals surface area contributed by atoms with Crippen LogP contribution in [0.2, 0.25) is 0 Å². The topological polar surface area (TPSA) is 50.9 Å². The van der Waals surface area contributed by atoms with Crippen LogP contribution in [0.5, 0.6) is 0 Å². The summed E-state index contributed by atoms with van der Waals surface area (Å²) in [5.74, 6) is 0.860. The Bertz CT molecular complexity index is 583. The monoisotopic (exact) mass is 327 g/mol. The van der Waals surface area contributed by atoms with E-state index in [4.69, 9.17) is 0 Å². The van der Waals surface area contributed by atoms with Crippen molar-refractivity contribution in [3.8, 4) is 11.4 Å². The van der Waals surface area contributed by atoms with Gasteiger partial charge in [-0.05, 0) is 34.0 Å². The second-order valence-electron chi connectivity index (χ2n) is 4.70. The summed E-state index contributed by atoms with van der Waals surface area (Å²) in [6.45, 7) is 4.50. The van der Waals surface area contributed by atoms with E-state index in [1.807, 2.05) is 13.8 Å². The smallest absolute Gasteiger partial charge is 0.167 e. The lowest BCUT2D eigenvalue weighted by atomic mass is 10.1. The lowest BCUT2D eigenvalue weighted by Gasteiger charge is -2.12. The molecule has 1 aromatic carbocycles. The molecule has 2 rings (SSSR count). The number of aliphatic hydroxyl groups excluding tert-OH is 1. The average molecular weight is 328 g/mol. The first-order valence-corrected chi connectivity index (χ1v) is 6.81. The van der Waals surface area contributed by atoms with Crippen LogP contribution >= 0.6 is 15.9 Å². The number of aliphatic hydroxyl groups is 1. The summed E-state index contributed by atoms with van der Waals surface area (Å²) in [7, 11) is 0. The molecule has 0 radical (unpaired) electrons. The van der Waals surface area contributed by atoms with Crippen LogP contribution in [-0.2, 0) is 13.2 Å². The zero-order valence-electron chi connectivity index (χ0n) is 10.8. The summed E-state index contributed by atoms with van der Waals surface area (Å²) in [6.07, 6.45) is 0. The Balaban J connectivity index is 2.55. The highest BCUT2D eigenvalue weighted by atomic mass is 79.9. The minimum Gasteiger partial charge on any atom is -0.388 e. The molecule has 0 aliphatic rings. The fourth-order valence-corrected chi connectivity index (χ4v) is 2.25. The van der Waals surface area contributed by atoms with Crippen LogP contribution in [0.4, 0.5) is 4.39 Å². The molecule has 0 spiro atoms. The number of hydrogen-bond donors (Lipinski definition) is 1. The van der Waals surface area contributed by atoms with Gasteiger partial charge in [0.15, 0.2) is 11.6 Å². The fraction of sp³-hybridized carbons (Fsp3) is 0.385. The standard InChI is InChI=1S/C13H15BrFN3O/c1-8(2)6-18-11(7-19)16-17-13(18)9-4-3-5-10(14)12(9)15/h3-5,8,19H,6-7H2,1-2H3. The van der Waals surface area contributed by atoms with Gasteiger partial charge in [-0.15, -0.1) is 10.2 Å². The van der Waals surface area contributed by atoms with Gasteiger partial charge in [0.05, 0.1) is 10.0 Å². The van der Waals surface area contributed by atoms with Crippen molar-refractivity contribution in [1.29, 1.82) is 0 Å². The van der Waals surface area contributed by atoms with Crippen molar-refractivity contribution in [2.24, 2.45) is 5.92 Å². The second-order valence-corrected chi connectivity index (χ2v) is 5.56. The van der Waals surface area contributed by atoms with E-state index >= 15 is 0 Å². The molecule has 1 heterocycles. The van der Waals surface area contributed by atoms with Gasteiger partial charge in [0.25, 0.3) is 0 Å². The van der Waals surface area contributed by atoms with Gasteiger partial charge in [-0.3, -0.25) is 0 Å². The zero-order chi connectivity index (χ0) is 14.0. The third-order valence-electron chi connectivity index (χ3n) is 2.71. The van der Waals surface area contributed by atoms with E-state index in [1.165, 1.54) is 0 Å². The first-order valence-electron chi connectivity index (χ1n) is 6.02. The van der Waals surface area contributed by atoms with E-state index < -0.39 is 0 Å². The van der Waals surface area contributed by atoms with Crippen molar-refractivity contribution in [1.82, 2.24) is 14.8 Å². The Hall–Kier alpha value is -1.27. The normalized spacial score (nSPS) is 11.3. The van der Waals surface area contributed by atoms with Gasteiger partial charge in [-0.2, -0.15) is 0 Å². The molecule has 4 nitrogen and oxygen atoms in total. The van der Waals surface area contributed by atoms with Crippen molar-refractivity contribution in [3.05, 3.63) is 34.3 Å². The summed E-state index contributed by atoms with van der Waals surface area (Å²) in [5.41, 5.74) is 0.377. The number of rotatable bonds is 4. The molecular formula is C13H15BrFN3O. The Labute approximate surface area is 119 Å². The van der Waals surface area contributed by atoms with Gasteiger partial charge in [0.2, 0.25) is 0 Å². The molecule has 2 aromatic rings. The number of halogens is 2. The molecule has 0 fully saturated rings. The summed E-state index contributed by atoms with van der Waals surface area (Å²) < 4.78 is 16.3. The number of aromatic nitrogens is 3. The maximum absolute atomic E-state index is 14.1. The van der Waals surface area contributed by atoms with E-state index in [1.54, 1.807) is 22.8 Å². The third-order valence-corrected chi connectivity index (χ3v) is 3.32. The Morgan fingerprint density at radius 3 is 2.74 bits per heavy atom. The molecule has 0 saturated carbocycles. The summed E-state index contributed by atoms with van der Waals surface area (Å²) in [6, 6.07) is 5.03. The Morgan fingerprint density at radius 1 is 1.37 bits per heavy atom. The quantitative estimate of drug-likeness (QED) is 0.939. The lowest BCUT2D eigenvalue weighted by Crippen LogP contribution is -2.10. The first kappa shape index (κ1) is 14.1. The minimum absolute atomic E-state index is 0.213. The van der Waals surface area contributed by atoms with Crippen LogP contribution in [0.25, 0.3) is 11.4 Å². The maximum Gasteiger partial charge on any atom is 0.167 e. The predicted octanol–water partition coefficient (Wildman–Crippen LogP) is 3.00. The van der Waals surface area contributed by atoms with Crippen molar-refractivity contribution < 1.29 is 9.50 Å². The molecule has 0 aliphatic heterocycles. The fourth-order valence-electron chi connectivity index (χ4n) is 1.89. The SMILES string of the molecule is CC(C)Cn1c(CO)nnc1-c1cccc(Br)c1F. The van der Waals surface area contributed by atoms with Gasteiger partial charge in [-0.1, -0.05) is 19.9 Å². The molecule has 0 atom stereocenters. The third kappa shape index (κ3) is 2.84. The molecule has 102 valence electrons. The van der Waals surface area contributed by atoms with Crippen LogP contribution < -0.4 is 0 Å². The average Bonchev–Trinajstić information content (AvgIpc) is 2.75. The van der Waals surface area contributed by atoms with E-state index in [-0.39, 0.29) is 12.4 Å². The van der Waals surface area contributed by atoms with Gasteiger partial charge < -0.3 is 9.67 Å². The highest BCUT2D eigenvalue weighted by Crippen LogP contribution is 2.27. The number of nitrogens with zero attached hydrogens (tertiary/aromatic N) is 3. The molecule has 0 amide bonds. The maximum atomic E-state index is 14.1. The Morgan fingerprint density at radius 2 is 2.11 bits per heavy atom. The van der Waals surface area contributed by atoms with Crippen LogP contribution in [0.3, 0.4) is 0 Å². The van der Waals surface area contributed by atoms with Crippen molar-refractivity contribution in [2.75, 3.05) is 0 Å². The Kier molecular flexibility index (Phi) is 4.31. The van der Waals surface area contributed by atoms with Crippen molar-refractivity contribution >= 4 is 15.9 Å². The van der Waals surface area contributed by atoms with E-state index in [2.05, 4.69) is 26.1 Å².